The van der Waals surface area contributed by atoms with Crippen molar-refractivity contribution in [2.75, 3.05) is 16.9 Å². The first kappa shape index (κ1) is 19.9. The van der Waals surface area contributed by atoms with Crippen molar-refractivity contribution in [1.29, 1.82) is 5.26 Å². The van der Waals surface area contributed by atoms with Crippen LogP contribution in [0.2, 0.25) is 0 Å². The van der Waals surface area contributed by atoms with Crippen molar-refractivity contribution in [2.45, 2.75) is 13.0 Å². The average molecular weight is 420 g/mol. The molecule has 4 rings (SSSR count). The number of amides is 2. The Labute approximate surface area is 176 Å². The summed E-state index contributed by atoms with van der Waals surface area (Å²) in [6.07, 6.45) is 0. The summed E-state index contributed by atoms with van der Waals surface area (Å²) in [6.45, 7) is 1.74. The number of nitrogens with zero attached hydrogens (tertiary/aromatic N) is 3. The van der Waals surface area contributed by atoms with E-state index in [1.54, 1.807) is 43.3 Å². The van der Waals surface area contributed by atoms with Gasteiger partial charge in [-0.2, -0.15) is 5.26 Å². The van der Waals surface area contributed by atoms with E-state index in [0.29, 0.717) is 45.0 Å². The van der Waals surface area contributed by atoms with Gasteiger partial charge in [-0.1, -0.05) is 0 Å². The number of benzene rings is 2. The molecular formula is C22H17FN4O2S. The average Bonchev–Trinajstić information content (AvgIpc) is 3.23. The second kappa shape index (κ2) is 8.13. The van der Waals surface area contributed by atoms with Crippen molar-refractivity contribution in [2.24, 2.45) is 0 Å². The highest BCUT2D eigenvalue weighted by atomic mass is 32.2. The summed E-state index contributed by atoms with van der Waals surface area (Å²) in [4.78, 5) is 32.0. The zero-order chi connectivity index (χ0) is 21.3. The van der Waals surface area contributed by atoms with Gasteiger partial charge in [0.25, 0.3) is 5.91 Å². The van der Waals surface area contributed by atoms with E-state index >= 15 is 0 Å². The minimum atomic E-state index is -0.637. The van der Waals surface area contributed by atoms with E-state index in [-0.39, 0.29) is 11.8 Å². The van der Waals surface area contributed by atoms with Crippen molar-refractivity contribution in [1.82, 2.24) is 9.88 Å². The van der Waals surface area contributed by atoms with Crippen molar-refractivity contribution in [3.05, 3.63) is 71.2 Å². The predicted molar refractivity (Wildman–Crippen MR) is 114 cm³/mol. The number of pyridine rings is 1. The Morgan fingerprint density at radius 1 is 1.23 bits per heavy atom. The first-order valence-corrected chi connectivity index (χ1v) is 10.4. The van der Waals surface area contributed by atoms with Crippen LogP contribution in [-0.2, 0) is 4.79 Å². The fourth-order valence-corrected chi connectivity index (χ4v) is 4.53. The molecule has 1 aromatic heterocycles. The largest absolute Gasteiger partial charge is 0.324 e. The third kappa shape index (κ3) is 3.84. The highest BCUT2D eigenvalue weighted by molar-refractivity contribution is 7.99. The summed E-state index contributed by atoms with van der Waals surface area (Å²) < 4.78 is 13.6. The van der Waals surface area contributed by atoms with Crippen LogP contribution in [0.15, 0.2) is 48.5 Å². The number of rotatable bonds is 3. The highest BCUT2D eigenvalue weighted by Gasteiger charge is 2.35. The number of nitriles is 1. The van der Waals surface area contributed by atoms with Crippen molar-refractivity contribution >= 4 is 40.2 Å². The summed E-state index contributed by atoms with van der Waals surface area (Å²) >= 11 is 1.50. The zero-order valence-electron chi connectivity index (χ0n) is 16.1. The minimum absolute atomic E-state index is 0.290. The number of hydrogen-bond acceptors (Lipinski definition) is 5. The SMILES string of the molecule is Cc1cc(C(=O)N2CSCC2C(=O)Nc2ccc(C#N)cc2)c2ccc(F)cc2n1. The number of hydrogen-bond donors (Lipinski definition) is 1. The van der Waals surface area contributed by atoms with E-state index in [2.05, 4.69) is 10.3 Å². The normalized spacial score (nSPS) is 15.8. The molecule has 0 aliphatic carbocycles. The fourth-order valence-electron chi connectivity index (χ4n) is 3.38. The molecule has 0 radical (unpaired) electrons. The van der Waals surface area contributed by atoms with E-state index in [4.69, 9.17) is 5.26 Å². The molecule has 0 saturated carbocycles. The molecule has 1 N–H and O–H groups in total. The molecule has 3 aromatic rings. The summed E-state index contributed by atoms with van der Waals surface area (Å²) in [5.74, 6) is -0.143. The Morgan fingerprint density at radius 2 is 2.00 bits per heavy atom. The summed E-state index contributed by atoms with van der Waals surface area (Å²) in [5.41, 5.74) is 2.46. The Bertz CT molecular complexity index is 1180. The fraction of sp³-hybridized carbons (Fsp3) is 0.182. The molecule has 1 aliphatic heterocycles. The van der Waals surface area contributed by atoms with Crippen molar-refractivity contribution in [3.8, 4) is 6.07 Å². The molecule has 150 valence electrons. The molecule has 0 spiro atoms. The second-order valence-corrected chi connectivity index (χ2v) is 7.94. The number of thioether (sulfide) groups is 1. The van der Waals surface area contributed by atoms with Gasteiger partial charge in [0, 0.05) is 28.6 Å². The summed E-state index contributed by atoms with van der Waals surface area (Å²) in [6, 6.07) is 13.7. The maximum atomic E-state index is 13.6. The van der Waals surface area contributed by atoms with Gasteiger partial charge in [-0.25, -0.2) is 4.39 Å². The Morgan fingerprint density at radius 3 is 2.73 bits per heavy atom. The number of aromatic nitrogens is 1. The molecule has 8 heteroatoms. The molecule has 6 nitrogen and oxygen atoms in total. The number of fused-ring (bicyclic) bond motifs is 1. The number of nitrogens with one attached hydrogen (secondary N) is 1. The van der Waals surface area contributed by atoms with E-state index < -0.39 is 11.9 Å². The number of halogens is 1. The van der Waals surface area contributed by atoms with Crippen LogP contribution in [-0.4, -0.2) is 39.4 Å². The van der Waals surface area contributed by atoms with Gasteiger partial charge in [0.1, 0.15) is 11.9 Å². The van der Waals surface area contributed by atoms with Crippen LogP contribution in [0.5, 0.6) is 0 Å². The lowest BCUT2D eigenvalue weighted by atomic mass is 10.1. The molecular weight excluding hydrogens is 403 g/mol. The molecule has 2 aromatic carbocycles. The lowest BCUT2D eigenvalue weighted by Gasteiger charge is -2.24. The van der Waals surface area contributed by atoms with Crippen LogP contribution in [0.1, 0.15) is 21.6 Å². The van der Waals surface area contributed by atoms with Crippen LogP contribution < -0.4 is 5.32 Å². The first-order chi connectivity index (χ1) is 14.5. The van der Waals surface area contributed by atoms with Crippen LogP contribution in [0.4, 0.5) is 10.1 Å². The molecule has 1 saturated heterocycles. The topological polar surface area (TPSA) is 86.1 Å². The van der Waals surface area contributed by atoms with Gasteiger partial charge in [-0.15, -0.1) is 11.8 Å². The molecule has 2 heterocycles. The van der Waals surface area contributed by atoms with Gasteiger partial charge < -0.3 is 10.2 Å². The van der Waals surface area contributed by atoms with Crippen LogP contribution in [0, 0.1) is 24.1 Å². The molecule has 1 atom stereocenters. The van der Waals surface area contributed by atoms with E-state index in [9.17, 15) is 14.0 Å². The molecule has 0 bridgehead atoms. The smallest absolute Gasteiger partial charge is 0.256 e. The van der Waals surface area contributed by atoms with Crippen molar-refractivity contribution in [3.63, 3.8) is 0 Å². The summed E-state index contributed by atoms with van der Waals surface area (Å²) in [5, 5.41) is 12.2. The maximum absolute atomic E-state index is 13.6. The van der Waals surface area contributed by atoms with Gasteiger partial charge in [0.05, 0.1) is 28.6 Å². The van der Waals surface area contributed by atoms with Gasteiger partial charge >= 0.3 is 0 Å². The van der Waals surface area contributed by atoms with E-state index in [1.807, 2.05) is 6.07 Å². The maximum Gasteiger partial charge on any atom is 0.256 e. The van der Waals surface area contributed by atoms with Crippen LogP contribution in [0.25, 0.3) is 10.9 Å². The van der Waals surface area contributed by atoms with Gasteiger partial charge in [-0.05, 0) is 49.4 Å². The zero-order valence-corrected chi connectivity index (χ0v) is 16.9. The molecule has 2 amide bonds. The van der Waals surface area contributed by atoms with Crippen LogP contribution in [0.3, 0.4) is 0 Å². The van der Waals surface area contributed by atoms with Gasteiger partial charge in [0.2, 0.25) is 5.91 Å². The lowest BCUT2D eigenvalue weighted by molar-refractivity contribution is -0.119. The minimum Gasteiger partial charge on any atom is -0.324 e. The third-order valence-corrected chi connectivity index (χ3v) is 5.87. The quantitative estimate of drug-likeness (QED) is 0.698. The molecule has 30 heavy (non-hydrogen) atoms. The van der Waals surface area contributed by atoms with Gasteiger partial charge in [-0.3, -0.25) is 14.6 Å². The Kier molecular flexibility index (Phi) is 5.38. The lowest BCUT2D eigenvalue weighted by Crippen LogP contribution is -2.44. The first-order valence-electron chi connectivity index (χ1n) is 9.23. The molecule has 1 fully saturated rings. The second-order valence-electron chi connectivity index (χ2n) is 6.94. The molecule has 1 unspecified atom stereocenters. The van der Waals surface area contributed by atoms with Crippen LogP contribution >= 0.6 is 11.8 Å². The van der Waals surface area contributed by atoms with E-state index in [0.717, 1.165) is 0 Å². The third-order valence-electron chi connectivity index (χ3n) is 4.86. The standard InChI is InChI=1S/C22H17FN4O2S/c1-13-8-18(17-7-4-15(23)9-19(17)25-13)22(29)27-12-30-11-20(27)21(28)26-16-5-2-14(10-24)3-6-16/h2-9,20H,11-12H2,1H3,(H,26,28). The van der Waals surface area contributed by atoms with E-state index in [1.165, 1.54) is 28.8 Å². The number of carbonyl (C=O) groups excluding carboxylic acids is 2. The van der Waals surface area contributed by atoms with Crippen molar-refractivity contribution < 1.29 is 14.0 Å². The highest BCUT2D eigenvalue weighted by Crippen LogP contribution is 2.27. The number of carbonyl (C=O) groups is 2. The predicted octanol–water partition coefficient (Wildman–Crippen LogP) is 3.71. The summed E-state index contributed by atoms with van der Waals surface area (Å²) in [7, 11) is 0. The number of anilines is 1. The Balaban J connectivity index is 1.60. The monoisotopic (exact) mass is 420 g/mol. The number of aryl methyl sites for hydroxylation is 1. The molecule has 1 aliphatic rings. The van der Waals surface area contributed by atoms with Gasteiger partial charge in [0.15, 0.2) is 0 Å². The Hall–Kier alpha value is -3.44.